The Kier molecular flexibility index (Phi) is 7.75. The summed E-state index contributed by atoms with van der Waals surface area (Å²) >= 11 is 3.51. The third-order valence-corrected chi connectivity index (χ3v) is 3.71. The molecule has 2 unspecified atom stereocenters. The molecule has 0 heterocycles. The van der Waals surface area contributed by atoms with Crippen LogP contribution >= 0.6 is 15.9 Å². The normalized spacial score (nSPS) is 13.6. The molecule has 1 aromatic carbocycles. The van der Waals surface area contributed by atoms with Crippen LogP contribution in [0.3, 0.4) is 0 Å². The lowest BCUT2D eigenvalue weighted by Gasteiger charge is -2.18. The van der Waals surface area contributed by atoms with E-state index in [1.165, 1.54) is 0 Å². The Morgan fingerprint density at radius 2 is 2.10 bits per heavy atom. The molecular formula is C16H24BrNO3. The zero-order valence-electron chi connectivity index (χ0n) is 12.9. The van der Waals surface area contributed by atoms with Crippen LogP contribution in [0.15, 0.2) is 22.7 Å². The van der Waals surface area contributed by atoms with Gasteiger partial charge in [-0.3, -0.25) is 0 Å². The molecule has 1 aromatic rings. The molecule has 0 saturated carbocycles. The zero-order valence-corrected chi connectivity index (χ0v) is 14.5. The van der Waals surface area contributed by atoms with Crippen LogP contribution in [-0.2, 0) is 16.0 Å². The molecule has 1 rings (SSSR count). The van der Waals surface area contributed by atoms with E-state index in [1.807, 2.05) is 32.0 Å². The van der Waals surface area contributed by atoms with E-state index in [9.17, 15) is 4.79 Å². The van der Waals surface area contributed by atoms with E-state index < -0.39 is 6.10 Å². The summed E-state index contributed by atoms with van der Waals surface area (Å²) in [6, 6.07) is 5.75. The molecule has 4 nitrogen and oxygen atoms in total. The van der Waals surface area contributed by atoms with Crippen LogP contribution in [0.25, 0.3) is 0 Å². The van der Waals surface area contributed by atoms with Crippen LogP contribution in [0.5, 0.6) is 5.75 Å². The first kappa shape index (κ1) is 18.0. The predicted octanol–water partition coefficient (Wildman–Crippen LogP) is 3.45. The van der Waals surface area contributed by atoms with Gasteiger partial charge in [0.05, 0.1) is 6.61 Å². The minimum Gasteiger partial charge on any atom is -0.479 e. The lowest BCUT2D eigenvalue weighted by atomic mass is 10.1. The molecule has 0 fully saturated rings. The van der Waals surface area contributed by atoms with E-state index in [-0.39, 0.29) is 12.0 Å². The van der Waals surface area contributed by atoms with Crippen molar-refractivity contribution < 1.29 is 14.3 Å². The van der Waals surface area contributed by atoms with Gasteiger partial charge in [-0.2, -0.15) is 0 Å². The molecule has 118 valence electrons. The number of ether oxygens (including phenoxy) is 2. The number of carbonyl (C=O) groups is 1. The second kappa shape index (κ2) is 9.05. The van der Waals surface area contributed by atoms with E-state index in [1.54, 1.807) is 6.92 Å². The van der Waals surface area contributed by atoms with Gasteiger partial charge in [0.15, 0.2) is 6.10 Å². The third kappa shape index (κ3) is 6.06. The maximum Gasteiger partial charge on any atom is 0.347 e. The van der Waals surface area contributed by atoms with Gasteiger partial charge in [-0.05, 0) is 50.5 Å². The largest absolute Gasteiger partial charge is 0.479 e. The number of carbonyl (C=O) groups excluding carboxylic acids is 1. The SMILES string of the molecule is CCCC(Oc1ccc(Br)c(CC(C)N)c1)C(=O)OCC. The molecule has 0 bridgehead atoms. The highest BCUT2D eigenvalue weighted by Crippen LogP contribution is 2.25. The van der Waals surface area contributed by atoms with Crippen molar-refractivity contribution in [3.8, 4) is 5.75 Å². The zero-order chi connectivity index (χ0) is 15.8. The van der Waals surface area contributed by atoms with E-state index in [4.69, 9.17) is 15.2 Å². The van der Waals surface area contributed by atoms with Crippen LogP contribution in [0.4, 0.5) is 0 Å². The highest BCUT2D eigenvalue weighted by molar-refractivity contribution is 9.10. The molecule has 2 atom stereocenters. The van der Waals surface area contributed by atoms with Crippen molar-refractivity contribution in [3.63, 3.8) is 0 Å². The van der Waals surface area contributed by atoms with Crippen LogP contribution in [0, 0.1) is 0 Å². The Hall–Kier alpha value is -1.07. The summed E-state index contributed by atoms with van der Waals surface area (Å²) < 4.78 is 11.9. The van der Waals surface area contributed by atoms with Gasteiger partial charge in [-0.25, -0.2) is 4.79 Å². The van der Waals surface area contributed by atoms with E-state index in [0.29, 0.717) is 18.8 Å². The smallest absolute Gasteiger partial charge is 0.347 e. The maximum atomic E-state index is 11.9. The number of benzene rings is 1. The maximum absolute atomic E-state index is 11.9. The van der Waals surface area contributed by atoms with E-state index in [0.717, 1.165) is 22.9 Å². The fourth-order valence-corrected chi connectivity index (χ4v) is 2.42. The van der Waals surface area contributed by atoms with Crippen LogP contribution in [-0.4, -0.2) is 24.7 Å². The van der Waals surface area contributed by atoms with Gasteiger partial charge in [-0.1, -0.05) is 29.3 Å². The molecule has 21 heavy (non-hydrogen) atoms. The summed E-state index contributed by atoms with van der Waals surface area (Å²) in [6.45, 7) is 6.12. The van der Waals surface area contributed by atoms with Crippen LogP contribution in [0.1, 0.15) is 39.2 Å². The van der Waals surface area contributed by atoms with E-state index >= 15 is 0 Å². The molecule has 2 N–H and O–H groups in total. The average Bonchev–Trinajstić information content (AvgIpc) is 2.41. The number of nitrogens with two attached hydrogens (primary N) is 1. The van der Waals surface area contributed by atoms with Crippen molar-refractivity contribution in [2.75, 3.05) is 6.61 Å². The standard InChI is InChI=1S/C16H24BrNO3/c1-4-6-15(16(19)20-5-2)21-13-7-8-14(17)12(10-13)9-11(3)18/h7-8,10-11,15H,4-6,9,18H2,1-3H3. The van der Waals surface area contributed by atoms with Crippen LogP contribution < -0.4 is 10.5 Å². The summed E-state index contributed by atoms with van der Waals surface area (Å²) in [7, 11) is 0. The fourth-order valence-electron chi connectivity index (χ4n) is 2.01. The van der Waals surface area contributed by atoms with Crippen molar-refractivity contribution in [1.29, 1.82) is 0 Å². The Morgan fingerprint density at radius 3 is 2.67 bits per heavy atom. The molecule has 0 radical (unpaired) electrons. The summed E-state index contributed by atoms with van der Waals surface area (Å²) in [5.41, 5.74) is 6.92. The number of esters is 1. The first-order valence-electron chi connectivity index (χ1n) is 7.35. The monoisotopic (exact) mass is 357 g/mol. The van der Waals surface area contributed by atoms with Gasteiger partial charge in [-0.15, -0.1) is 0 Å². The molecule has 0 aliphatic carbocycles. The molecule has 5 heteroatoms. The van der Waals surface area contributed by atoms with Crippen molar-refractivity contribution in [1.82, 2.24) is 0 Å². The highest BCUT2D eigenvalue weighted by atomic mass is 79.9. The van der Waals surface area contributed by atoms with Gasteiger partial charge >= 0.3 is 5.97 Å². The summed E-state index contributed by atoms with van der Waals surface area (Å²) in [5, 5.41) is 0. The third-order valence-electron chi connectivity index (χ3n) is 2.94. The topological polar surface area (TPSA) is 61.5 Å². The minimum atomic E-state index is -0.556. The second-order valence-electron chi connectivity index (χ2n) is 5.08. The predicted molar refractivity (Wildman–Crippen MR) is 87.5 cm³/mol. The summed E-state index contributed by atoms with van der Waals surface area (Å²) in [5.74, 6) is 0.358. The van der Waals surface area contributed by atoms with Gasteiger partial charge < -0.3 is 15.2 Å². The molecule has 0 aromatic heterocycles. The number of hydrogen-bond donors (Lipinski definition) is 1. The van der Waals surface area contributed by atoms with Crippen molar-refractivity contribution in [3.05, 3.63) is 28.2 Å². The molecular weight excluding hydrogens is 334 g/mol. The Bertz CT molecular complexity index is 463. The Balaban J connectivity index is 2.85. The molecule has 0 aliphatic rings. The van der Waals surface area contributed by atoms with Gasteiger partial charge in [0.2, 0.25) is 0 Å². The van der Waals surface area contributed by atoms with Crippen LogP contribution in [0.2, 0.25) is 0 Å². The van der Waals surface area contributed by atoms with Gasteiger partial charge in [0.1, 0.15) is 5.75 Å². The van der Waals surface area contributed by atoms with Crippen molar-refractivity contribution in [2.24, 2.45) is 5.73 Å². The lowest BCUT2D eigenvalue weighted by molar-refractivity contribution is -0.151. The number of halogens is 1. The highest BCUT2D eigenvalue weighted by Gasteiger charge is 2.21. The molecule has 0 amide bonds. The summed E-state index contributed by atoms with van der Waals surface area (Å²) in [4.78, 5) is 11.9. The molecule has 0 saturated heterocycles. The van der Waals surface area contributed by atoms with Gasteiger partial charge in [0.25, 0.3) is 0 Å². The van der Waals surface area contributed by atoms with Crippen molar-refractivity contribution >= 4 is 21.9 Å². The van der Waals surface area contributed by atoms with Gasteiger partial charge in [0, 0.05) is 10.5 Å². The number of rotatable bonds is 8. The Morgan fingerprint density at radius 1 is 1.38 bits per heavy atom. The summed E-state index contributed by atoms with van der Waals surface area (Å²) in [6.07, 6.45) is 1.68. The van der Waals surface area contributed by atoms with Crippen molar-refractivity contribution in [2.45, 2.75) is 52.2 Å². The van der Waals surface area contributed by atoms with E-state index in [2.05, 4.69) is 15.9 Å². The lowest BCUT2D eigenvalue weighted by Crippen LogP contribution is -2.29. The number of hydrogen-bond acceptors (Lipinski definition) is 4. The first-order valence-corrected chi connectivity index (χ1v) is 8.14. The quantitative estimate of drug-likeness (QED) is 0.723. The molecule has 0 spiro atoms. The molecule has 0 aliphatic heterocycles. The second-order valence-corrected chi connectivity index (χ2v) is 5.94. The first-order chi connectivity index (χ1) is 9.97. The minimum absolute atomic E-state index is 0.0630. The Labute approximate surface area is 135 Å². The fraction of sp³-hybridized carbons (Fsp3) is 0.562. The average molecular weight is 358 g/mol.